The molecule has 1 amide bonds. The summed E-state index contributed by atoms with van der Waals surface area (Å²) in [6, 6.07) is 0. The molecule has 106 valence electrons. The van der Waals surface area contributed by atoms with E-state index < -0.39 is 0 Å². The molecule has 0 aliphatic heterocycles. The number of aryl methyl sites for hydroxylation is 1. The second kappa shape index (κ2) is 8.53. The van der Waals surface area contributed by atoms with Crippen molar-refractivity contribution in [2.75, 3.05) is 13.1 Å². The number of allylic oxidation sites excluding steroid dienone is 1. The molecule has 0 fully saturated rings. The van der Waals surface area contributed by atoms with Crippen LogP contribution >= 0.6 is 0 Å². The zero-order chi connectivity index (χ0) is 14.1. The van der Waals surface area contributed by atoms with Gasteiger partial charge in [0.2, 0.25) is 5.91 Å². The highest BCUT2D eigenvalue weighted by molar-refractivity contribution is 5.75. The van der Waals surface area contributed by atoms with Gasteiger partial charge in [0.15, 0.2) is 0 Å². The number of carbonyl (C=O) groups excluding carboxylic acids is 1. The zero-order valence-corrected chi connectivity index (χ0v) is 12.0. The number of carbonyl (C=O) groups is 1. The normalized spacial score (nSPS) is 11.1. The van der Waals surface area contributed by atoms with Crippen LogP contribution in [0.2, 0.25) is 0 Å². The second-order valence-corrected chi connectivity index (χ2v) is 4.66. The van der Waals surface area contributed by atoms with Gasteiger partial charge in [-0.15, -0.1) is 0 Å². The highest BCUT2D eigenvalue weighted by Gasteiger charge is 2.06. The Balaban J connectivity index is 2.45. The topological polar surface area (TPSA) is 70.9 Å². The van der Waals surface area contributed by atoms with Crippen molar-refractivity contribution in [3.05, 3.63) is 29.1 Å². The predicted octanol–water partition coefficient (Wildman–Crippen LogP) is 2.14. The largest absolute Gasteiger partial charge is 0.364 e. The summed E-state index contributed by atoms with van der Waals surface area (Å²) in [6.45, 7) is 5.43. The van der Waals surface area contributed by atoms with Gasteiger partial charge in [0.1, 0.15) is 0 Å². The van der Waals surface area contributed by atoms with Crippen molar-refractivity contribution in [1.82, 2.24) is 10.3 Å². The molecule has 0 radical (unpaired) electrons. The standard InChI is InChI=1S/C15H25N3O/c1-3-4-6-14-12(2)18-11-13(14)8-10-17-15(19)7-5-9-16/h4,6,11,18H,3,5,7-10,16H2,1-2H3,(H,17,19)/b6-4-. The third-order valence-corrected chi connectivity index (χ3v) is 3.06. The van der Waals surface area contributed by atoms with E-state index in [-0.39, 0.29) is 5.91 Å². The SMILES string of the molecule is CC/C=C\c1c(CCNC(=O)CCCN)c[nH]c1C. The Kier molecular flexibility index (Phi) is 6.97. The first-order valence-corrected chi connectivity index (χ1v) is 6.99. The van der Waals surface area contributed by atoms with E-state index in [9.17, 15) is 4.79 Å². The molecule has 4 heteroatoms. The number of aromatic nitrogens is 1. The Hall–Kier alpha value is -1.55. The van der Waals surface area contributed by atoms with Crippen LogP contribution in [0.15, 0.2) is 12.3 Å². The van der Waals surface area contributed by atoms with Crippen LogP contribution in [0.25, 0.3) is 6.08 Å². The molecule has 0 unspecified atom stereocenters. The number of rotatable bonds is 8. The number of hydrogen-bond acceptors (Lipinski definition) is 2. The summed E-state index contributed by atoms with van der Waals surface area (Å²) in [6.07, 6.45) is 9.47. The van der Waals surface area contributed by atoms with Crippen molar-refractivity contribution < 1.29 is 4.79 Å². The maximum atomic E-state index is 11.5. The van der Waals surface area contributed by atoms with Gasteiger partial charge in [0, 0.05) is 24.9 Å². The number of nitrogens with two attached hydrogens (primary N) is 1. The van der Waals surface area contributed by atoms with Crippen LogP contribution in [-0.2, 0) is 11.2 Å². The number of H-pyrrole nitrogens is 1. The molecule has 0 saturated carbocycles. The van der Waals surface area contributed by atoms with Crippen LogP contribution in [0.1, 0.15) is 43.0 Å². The molecular formula is C15H25N3O. The fourth-order valence-electron chi connectivity index (χ4n) is 1.95. The molecule has 0 saturated heterocycles. The van der Waals surface area contributed by atoms with Gasteiger partial charge in [-0.3, -0.25) is 4.79 Å². The summed E-state index contributed by atoms with van der Waals surface area (Å²) >= 11 is 0. The maximum Gasteiger partial charge on any atom is 0.220 e. The first-order chi connectivity index (χ1) is 9.19. The smallest absolute Gasteiger partial charge is 0.220 e. The van der Waals surface area contributed by atoms with E-state index in [1.54, 1.807) is 0 Å². The van der Waals surface area contributed by atoms with Gasteiger partial charge in [-0.1, -0.05) is 19.1 Å². The fourth-order valence-corrected chi connectivity index (χ4v) is 1.95. The maximum absolute atomic E-state index is 11.5. The first-order valence-electron chi connectivity index (χ1n) is 6.99. The molecule has 19 heavy (non-hydrogen) atoms. The third-order valence-electron chi connectivity index (χ3n) is 3.06. The average Bonchev–Trinajstić information content (AvgIpc) is 2.75. The molecule has 0 aliphatic rings. The molecule has 4 N–H and O–H groups in total. The van der Waals surface area contributed by atoms with Gasteiger partial charge in [-0.2, -0.15) is 0 Å². The van der Waals surface area contributed by atoms with E-state index in [0.717, 1.165) is 19.3 Å². The van der Waals surface area contributed by atoms with Crippen LogP contribution in [-0.4, -0.2) is 24.0 Å². The van der Waals surface area contributed by atoms with Gasteiger partial charge >= 0.3 is 0 Å². The van der Waals surface area contributed by atoms with Crippen molar-refractivity contribution >= 4 is 12.0 Å². The van der Waals surface area contributed by atoms with Crippen molar-refractivity contribution in [1.29, 1.82) is 0 Å². The van der Waals surface area contributed by atoms with Gasteiger partial charge in [0.25, 0.3) is 0 Å². The quantitative estimate of drug-likeness (QED) is 0.672. The lowest BCUT2D eigenvalue weighted by Gasteiger charge is -2.05. The van der Waals surface area contributed by atoms with E-state index >= 15 is 0 Å². The van der Waals surface area contributed by atoms with Gasteiger partial charge < -0.3 is 16.0 Å². The Morgan fingerprint density at radius 1 is 1.53 bits per heavy atom. The van der Waals surface area contributed by atoms with E-state index in [1.807, 2.05) is 6.20 Å². The van der Waals surface area contributed by atoms with Crippen LogP contribution in [0.5, 0.6) is 0 Å². The van der Waals surface area contributed by atoms with Crippen molar-refractivity contribution in [3.8, 4) is 0 Å². The lowest BCUT2D eigenvalue weighted by Crippen LogP contribution is -2.26. The number of hydrogen-bond donors (Lipinski definition) is 3. The minimum atomic E-state index is 0.0864. The summed E-state index contributed by atoms with van der Waals surface area (Å²) in [4.78, 5) is 14.7. The highest BCUT2D eigenvalue weighted by Crippen LogP contribution is 2.16. The van der Waals surface area contributed by atoms with E-state index in [2.05, 4.69) is 36.3 Å². The van der Waals surface area contributed by atoms with Gasteiger partial charge in [-0.25, -0.2) is 0 Å². The highest BCUT2D eigenvalue weighted by atomic mass is 16.1. The van der Waals surface area contributed by atoms with Crippen LogP contribution in [0, 0.1) is 6.92 Å². The molecule has 0 aliphatic carbocycles. The van der Waals surface area contributed by atoms with E-state index in [1.165, 1.54) is 16.8 Å². The summed E-state index contributed by atoms with van der Waals surface area (Å²) in [5.74, 6) is 0.0864. The van der Waals surface area contributed by atoms with E-state index in [4.69, 9.17) is 5.73 Å². The van der Waals surface area contributed by atoms with Crippen molar-refractivity contribution in [2.24, 2.45) is 5.73 Å². The lowest BCUT2D eigenvalue weighted by molar-refractivity contribution is -0.121. The monoisotopic (exact) mass is 263 g/mol. The Morgan fingerprint density at radius 2 is 2.32 bits per heavy atom. The lowest BCUT2D eigenvalue weighted by atomic mass is 10.1. The Morgan fingerprint density at radius 3 is 3.00 bits per heavy atom. The van der Waals surface area contributed by atoms with Crippen molar-refractivity contribution in [2.45, 2.75) is 39.5 Å². The van der Waals surface area contributed by atoms with Crippen LogP contribution in [0.3, 0.4) is 0 Å². The molecule has 0 bridgehead atoms. The number of amides is 1. The Bertz CT molecular complexity index is 421. The first kappa shape index (κ1) is 15.5. The average molecular weight is 263 g/mol. The summed E-state index contributed by atoms with van der Waals surface area (Å²) < 4.78 is 0. The molecule has 1 aromatic rings. The van der Waals surface area contributed by atoms with Crippen LogP contribution < -0.4 is 11.1 Å². The minimum Gasteiger partial charge on any atom is -0.364 e. The molecule has 4 nitrogen and oxygen atoms in total. The number of nitrogens with one attached hydrogen (secondary N) is 2. The molecule has 1 heterocycles. The zero-order valence-electron chi connectivity index (χ0n) is 12.0. The molecule has 0 aromatic carbocycles. The molecule has 0 atom stereocenters. The minimum absolute atomic E-state index is 0.0864. The number of aromatic amines is 1. The Labute approximate surface area is 115 Å². The summed E-state index contributed by atoms with van der Waals surface area (Å²) in [7, 11) is 0. The summed E-state index contributed by atoms with van der Waals surface area (Å²) in [5.41, 5.74) is 9.05. The van der Waals surface area contributed by atoms with Gasteiger partial charge in [-0.05, 0) is 43.9 Å². The molecule has 1 rings (SSSR count). The molecule has 1 aromatic heterocycles. The molecule has 0 spiro atoms. The fraction of sp³-hybridized carbons (Fsp3) is 0.533. The van der Waals surface area contributed by atoms with Crippen LogP contribution in [0.4, 0.5) is 0 Å². The van der Waals surface area contributed by atoms with Gasteiger partial charge in [0.05, 0.1) is 0 Å². The van der Waals surface area contributed by atoms with Crippen molar-refractivity contribution in [3.63, 3.8) is 0 Å². The molecular weight excluding hydrogens is 238 g/mol. The van der Waals surface area contributed by atoms with E-state index in [0.29, 0.717) is 19.5 Å². The second-order valence-electron chi connectivity index (χ2n) is 4.66. The summed E-state index contributed by atoms with van der Waals surface area (Å²) in [5, 5.41) is 2.93. The predicted molar refractivity (Wildman–Crippen MR) is 79.9 cm³/mol. The third kappa shape index (κ3) is 5.30.